The summed E-state index contributed by atoms with van der Waals surface area (Å²) >= 11 is 0. The zero-order valence-corrected chi connectivity index (χ0v) is 5.19. The third-order valence-corrected chi connectivity index (χ3v) is 2.26. The molecule has 1 fully saturated rings. The molecule has 2 aliphatic rings. The molecular formula is C8H12. The minimum absolute atomic E-state index is 0.984. The number of fused-ring (bicyclic) bond motifs is 1. The molecule has 0 amide bonds. The van der Waals surface area contributed by atoms with Crippen LogP contribution in [0.3, 0.4) is 0 Å². The Bertz CT molecular complexity index is 122. The lowest BCUT2D eigenvalue weighted by Crippen LogP contribution is -1.75. The highest BCUT2D eigenvalue weighted by atomic mass is 14.3. The van der Waals surface area contributed by atoms with E-state index in [9.17, 15) is 0 Å². The predicted octanol–water partition coefficient (Wildman–Crippen LogP) is 2.51. The van der Waals surface area contributed by atoms with Crippen LogP contribution in [0.2, 0.25) is 0 Å². The molecule has 0 bridgehead atoms. The first-order valence-electron chi connectivity index (χ1n) is 3.67. The lowest BCUT2D eigenvalue weighted by Gasteiger charge is -1.89. The van der Waals surface area contributed by atoms with Gasteiger partial charge in [-0.2, -0.15) is 0 Å². The summed E-state index contributed by atoms with van der Waals surface area (Å²) in [4.78, 5) is 0. The third-order valence-electron chi connectivity index (χ3n) is 2.26. The molecule has 0 aromatic carbocycles. The lowest BCUT2D eigenvalue weighted by molar-refractivity contribution is 0.669. The second-order valence-corrected chi connectivity index (χ2v) is 2.95. The van der Waals surface area contributed by atoms with E-state index in [1.54, 1.807) is 5.57 Å². The van der Waals surface area contributed by atoms with Crippen LogP contribution in [0.15, 0.2) is 11.6 Å². The highest BCUT2D eigenvalue weighted by molar-refractivity contribution is 5.29. The standard InChI is InChI=1S/C8H12/c1-2-4-7-6-8(7)5-3-1/h6-7H,1-5H2. The van der Waals surface area contributed by atoms with Gasteiger partial charge in [0.15, 0.2) is 0 Å². The van der Waals surface area contributed by atoms with Crippen molar-refractivity contribution < 1.29 is 0 Å². The molecule has 0 radical (unpaired) electrons. The number of hydrogen-bond donors (Lipinski definition) is 0. The van der Waals surface area contributed by atoms with Crippen LogP contribution in [0, 0.1) is 5.92 Å². The van der Waals surface area contributed by atoms with Crippen molar-refractivity contribution >= 4 is 0 Å². The summed E-state index contributed by atoms with van der Waals surface area (Å²) in [5.41, 5.74) is 1.77. The fourth-order valence-corrected chi connectivity index (χ4v) is 1.62. The van der Waals surface area contributed by atoms with Gasteiger partial charge in [0, 0.05) is 0 Å². The fraction of sp³-hybridized carbons (Fsp3) is 0.750. The molecule has 2 aliphatic carbocycles. The summed E-state index contributed by atoms with van der Waals surface area (Å²) in [6.07, 6.45) is 9.75. The highest BCUT2D eigenvalue weighted by Gasteiger charge is 2.24. The molecule has 0 aromatic rings. The summed E-state index contributed by atoms with van der Waals surface area (Å²) in [5, 5.41) is 0. The Labute approximate surface area is 50.6 Å². The number of rotatable bonds is 0. The van der Waals surface area contributed by atoms with Crippen molar-refractivity contribution in [2.45, 2.75) is 32.1 Å². The van der Waals surface area contributed by atoms with E-state index in [1.165, 1.54) is 32.1 Å². The Morgan fingerprint density at radius 2 is 2.25 bits per heavy atom. The van der Waals surface area contributed by atoms with E-state index in [2.05, 4.69) is 6.08 Å². The maximum Gasteiger partial charge on any atom is -0.00202 e. The molecule has 0 heterocycles. The third kappa shape index (κ3) is 0.683. The first kappa shape index (κ1) is 4.60. The van der Waals surface area contributed by atoms with Gasteiger partial charge in [0.25, 0.3) is 0 Å². The van der Waals surface area contributed by atoms with Gasteiger partial charge in [-0.15, -0.1) is 0 Å². The molecule has 1 unspecified atom stereocenters. The van der Waals surface area contributed by atoms with Crippen molar-refractivity contribution in [1.82, 2.24) is 0 Å². The monoisotopic (exact) mass is 108 g/mol. The second-order valence-electron chi connectivity index (χ2n) is 2.95. The SMILES string of the molecule is C1=C2CCCCCC12. The van der Waals surface area contributed by atoms with Gasteiger partial charge >= 0.3 is 0 Å². The summed E-state index contributed by atoms with van der Waals surface area (Å²) in [5.74, 6) is 0.984. The van der Waals surface area contributed by atoms with Gasteiger partial charge in [0.05, 0.1) is 0 Å². The Hall–Kier alpha value is -0.260. The van der Waals surface area contributed by atoms with Crippen LogP contribution in [0.4, 0.5) is 0 Å². The Balaban J connectivity index is 1.96. The van der Waals surface area contributed by atoms with Crippen LogP contribution in [0.1, 0.15) is 32.1 Å². The van der Waals surface area contributed by atoms with Crippen LogP contribution in [-0.2, 0) is 0 Å². The average Bonchev–Trinajstić information content (AvgIpc) is 2.36. The van der Waals surface area contributed by atoms with Crippen molar-refractivity contribution in [3.63, 3.8) is 0 Å². The summed E-state index contributed by atoms with van der Waals surface area (Å²) in [6, 6.07) is 0. The van der Waals surface area contributed by atoms with E-state index in [4.69, 9.17) is 0 Å². The lowest BCUT2D eigenvalue weighted by atomic mass is 10.2. The van der Waals surface area contributed by atoms with Gasteiger partial charge < -0.3 is 0 Å². The molecule has 0 N–H and O–H groups in total. The zero-order valence-electron chi connectivity index (χ0n) is 5.19. The molecule has 1 atom stereocenters. The van der Waals surface area contributed by atoms with Crippen LogP contribution in [0.25, 0.3) is 0 Å². The largest absolute Gasteiger partial charge is 0.0775 e. The second kappa shape index (κ2) is 1.61. The quantitative estimate of drug-likeness (QED) is 0.418. The molecular weight excluding hydrogens is 96.1 g/mol. The fourth-order valence-electron chi connectivity index (χ4n) is 1.62. The maximum atomic E-state index is 2.44. The first-order valence-corrected chi connectivity index (χ1v) is 3.67. The normalized spacial score (nSPS) is 35.0. The molecule has 0 heteroatoms. The van der Waals surface area contributed by atoms with E-state index in [0.717, 1.165) is 5.92 Å². The van der Waals surface area contributed by atoms with Crippen LogP contribution >= 0.6 is 0 Å². The summed E-state index contributed by atoms with van der Waals surface area (Å²) in [6.45, 7) is 0. The average molecular weight is 108 g/mol. The Morgan fingerprint density at radius 3 is 3.25 bits per heavy atom. The summed E-state index contributed by atoms with van der Waals surface area (Å²) in [7, 11) is 0. The molecule has 8 heavy (non-hydrogen) atoms. The smallest absolute Gasteiger partial charge is 0.00202 e. The molecule has 44 valence electrons. The van der Waals surface area contributed by atoms with Gasteiger partial charge in [-0.25, -0.2) is 0 Å². The Morgan fingerprint density at radius 1 is 1.25 bits per heavy atom. The van der Waals surface area contributed by atoms with Gasteiger partial charge in [-0.05, 0) is 25.2 Å². The van der Waals surface area contributed by atoms with Crippen LogP contribution < -0.4 is 0 Å². The van der Waals surface area contributed by atoms with Crippen molar-refractivity contribution in [3.8, 4) is 0 Å². The van der Waals surface area contributed by atoms with Gasteiger partial charge in [-0.3, -0.25) is 0 Å². The predicted molar refractivity (Wildman–Crippen MR) is 34.7 cm³/mol. The van der Waals surface area contributed by atoms with Crippen molar-refractivity contribution in [2.24, 2.45) is 5.92 Å². The van der Waals surface area contributed by atoms with E-state index in [1.807, 2.05) is 0 Å². The topological polar surface area (TPSA) is 0 Å². The van der Waals surface area contributed by atoms with E-state index >= 15 is 0 Å². The minimum Gasteiger partial charge on any atom is -0.0775 e. The van der Waals surface area contributed by atoms with Gasteiger partial charge in [0.2, 0.25) is 0 Å². The van der Waals surface area contributed by atoms with E-state index in [-0.39, 0.29) is 0 Å². The Kier molecular flexibility index (Phi) is 0.927. The van der Waals surface area contributed by atoms with Crippen LogP contribution in [0.5, 0.6) is 0 Å². The highest BCUT2D eigenvalue weighted by Crippen LogP contribution is 2.40. The van der Waals surface area contributed by atoms with Gasteiger partial charge in [-0.1, -0.05) is 24.5 Å². The molecule has 0 nitrogen and oxygen atoms in total. The molecule has 0 saturated heterocycles. The van der Waals surface area contributed by atoms with Crippen molar-refractivity contribution in [3.05, 3.63) is 11.6 Å². The van der Waals surface area contributed by atoms with E-state index < -0.39 is 0 Å². The molecule has 0 aliphatic heterocycles. The zero-order chi connectivity index (χ0) is 5.40. The van der Waals surface area contributed by atoms with Crippen molar-refractivity contribution in [2.75, 3.05) is 0 Å². The maximum absolute atomic E-state index is 2.44. The molecule has 2 rings (SSSR count). The molecule has 0 spiro atoms. The molecule has 1 saturated carbocycles. The first-order chi connectivity index (χ1) is 3.97. The number of allylic oxidation sites excluding steroid dienone is 2. The molecule has 0 aromatic heterocycles. The van der Waals surface area contributed by atoms with Crippen molar-refractivity contribution in [1.29, 1.82) is 0 Å². The van der Waals surface area contributed by atoms with Crippen LogP contribution in [-0.4, -0.2) is 0 Å². The minimum atomic E-state index is 0.984. The number of hydrogen-bond acceptors (Lipinski definition) is 0. The summed E-state index contributed by atoms with van der Waals surface area (Å²) < 4.78 is 0. The van der Waals surface area contributed by atoms with Gasteiger partial charge in [0.1, 0.15) is 0 Å². The van der Waals surface area contributed by atoms with E-state index in [0.29, 0.717) is 0 Å².